The van der Waals surface area contributed by atoms with Gasteiger partial charge in [0.2, 0.25) is 0 Å². The van der Waals surface area contributed by atoms with Gasteiger partial charge >= 0.3 is 6.36 Å². The average Bonchev–Trinajstić information content (AvgIpc) is 2.55. The van der Waals surface area contributed by atoms with Gasteiger partial charge in [0, 0.05) is 12.4 Å². The Kier molecular flexibility index (Phi) is 4.28. The molecule has 0 bridgehead atoms. The Balaban J connectivity index is 1.64. The lowest BCUT2D eigenvalue weighted by molar-refractivity contribution is -0.274. The van der Waals surface area contributed by atoms with Crippen LogP contribution in [0.4, 0.5) is 18.9 Å². The first-order valence-electron chi connectivity index (χ1n) is 6.85. The third kappa shape index (κ3) is 4.19. The van der Waals surface area contributed by atoms with Crippen LogP contribution in [0.3, 0.4) is 0 Å². The van der Waals surface area contributed by atoms with Crippen LogP contribution >= 0.6 is 0 Å². The number of rotatable bonds is 4. The van der Waals surface area contributed by atoms with E-state index < -0.39 is 6.36 Å². The zero-order valence-electron chi connectivity index (χ0n) is 12.2. The Labute approximate surface area is 134 Å². The smallest absolute Gasteiger partial charge is 0.406 e. The lowest BCUT2D eigenvalue weighted by atomic mass is 10.2. The lowest BCUT2D eigenvalue weighted by Gasteiger charge is -2.08. The van der Waals surface area contributed by atoms with Gasteiger partial charge in [0.15, 0.2) is 0 Å². The molecule has 1 N–H and O–H groups in total. The molecule has 0 saturated heterocycles. The molecule has 0 unspecified atom stereocenters. The normalized spacial score (nSPS) is 11.8. The number of halogens is 3. The van der Waals surface area contributed by atoms with Gasteiger partial charge in [-0.2, -0.15) is 5.10 Å². The summed E-state index contributed by atoms with van der Waals surface area (Å²) in [5, 5.41) is 4.04. The van der Waals surface area contributed by atoms with E-state index in [1.807, 2.05) is 18.2 Å². The van der Waals surface area contributed by atoms with Crippen molar-refractivity contribution in [2.45, 2.75) is 6.36 Å². The van der Waals surface area contributed by atoms with Crippen LogP contribution in [0.2, 0.25) is 0 Å². The highest BCUT2D eigenvalue weighted by atomic mass is 19.4. The molecule has 0 amide bonds. The highest BCUT2D eigenvalue weighted by Gasteiger charge is 2.30. The fourth-order valence-corrected chi connectivity index (χ4v) is 1.97. The van der Waals surface area contributed by atoms with Crippen molar-refractivity contribution in [1.82, 2.24) is 9.97 Å². The molecule has 0 fully saturated rings. The van der Waals surface area contributed by atoms with E-state index in [4.69, 9.17) is 0 Å². The van der Waals surface area contributed by atoms with Crippen LogP contribution in [-0.2, 0) is 0 Å². The van der Waals surface area contributed by atoms with E-state index in [1.165, 1.54) is 24.3 Å². The number of nitrogens with one attached hydrogen (secondary N) is 1. The maximum atomic E-state index is 12.1. The number of hydrogen-bond acceptors (Lipinski definition) is 5. The number of hydrazone groups is 1. The van der Waals surface area contributed by atoms with Gasteiger partial charge < -0.3 is 4.74 Å². The summed E-state index contributed by atoms with van der Waals surface area (Å²) in [7, 11) is 0. The van der Waals surface area contributed by atoms with Crippen LogP contribution in [0.25, 0.3) is 11.0 Å². The Hall–Kier alpha value is -3.16. The Morgan fingerprint density at radius 3 is 2.38 bits per heavy atom. The van der Waals surface area contributed by atoms with Crippen LogP contribution in [-0.4, -0.2) is 22.5 Å². The van der Waals surface area contributed by atoms with Gasteiger partial charge in [-0.1, -0.05) is 6.07 Å². The van der Waals surface area contributed by atoms with Crippen molar-refractivity contribution in [3.63, 3.8) is 0 Å². The quantitative estimate of drug-likeness (QED) is 0.580. The Morgan fingerprint density at radius 1 is 0.958 bits per heavy atom. The van der Waals surface area contributed by atoms with E-state index in [2.05, 4.69) is 25.2 Å². The summed E-state index contributed by atoms with van der Waals surface area (Å²) in [5.74, 6) is -0.287. The van der Waals surface area contributed by atoms with Crippen molar-refractivity contribution in [3.05, 3.63) is 60.4 Å². The Morgan fingerprint density at radius 2 is 1.67 bits per heavy atom. The van der Waals surface area contributed by atoms with Gasteiger partial charge in [0.25, 0.3) is 0 Å². The van der Waals surface area contributed by atoms with E-state index in [0.29, 0.717) is 5.69 Å². The van der Waals surface area contributed by atoms with E-state index >= 15 is 0 Å². The van der Waals surface area contributed by atoms with Crippen LogP contribution < -0.4 is 10.2 Å². The molecule has 122 valence electrons. The lowest BCUT2D eigenvalue weighted by Crippen LogP contribution is -2.16. The molecule has 3 aromatic rings. The molecule has 0 radical (unpaired) electrons. The topological polar surface area (TPSA) is 59.4 Å². The van der Waals surface area contributed by atoms with Gasteiger partial charge in [-0.3, -0.25) is 15.4 Å². The third-order valence-electron chi connectivity index (χ3n) is 2.99. The summed E-state index contributed by atoms with van der Waals surface area (Å²) >= 11 is 0. The first-order valence-corrected chi connectivity index (χ1v) is 6.85. The number of fused-ring (bicyclic) bond motifs is 1. The molecule has 0 atom stereocenters. The van der Waals surface area contributed by atoms with Crippen LogP contribution in [0.5, 0.6) is 5.75 Å². The molecule has 2 aromatic carbocycles. The molecule has 3 rings (SSSR count). The summed E-state index contributed by atoms with van der Waals surface area (Å²) in [4.78, 5) is 8.37. The highest BCUT2D eigenvalue weighted by Crippen LogP contribution is 2.23. The van der Waals surface area contributed by atoms with Crippen LogP contribution in [0, 0.1) is 0 Å². The second-order valence-corrected chi connectivity index (χ2v) is 4.75. The van der Waals surface area contributed by atoms with Crippen molar-refractivity contribution < 1.29 is 17.9 Å². The van der Waals surface area contributed by atoms with Crippen LogP contribution in [0.1, 0.15) is 5.56 Å². The van der Waals surface area contributed by atoms with Crippen molar-refractivity contribution in [2.75, 3.05) is 5.43 Å². The van der Waals surface area contributed by atoms with Crippen molar-refractivity contribution >= 4 is 22.9 Å². The van der Waals surface area contributed by atoms with Gasteiger partial charge in [-0.25, -0.2) is 0 Å². The van der Waals surface area contributed by atoms with Gasteiger partial charge in [-0.05, 0) is 42.0 Å². The molecule has 24 heavy (non-hydrogen) atoms. The molecule has 1 aromatic heterocycles. The predicted molar refractivity (Wildman–Crippen MR) is 83.9 cm³/mol. The average molecular weight is 332 g/mol. The maximum Gasteiger partial charge on any atom is 0.573 e. The molecule has 0 spiro atoms. The summed E-state index contributed by atoms with van der Waals surface area (Å²) in [6, 6.07) is 10.8. The van der Waals surface area contributed by atoms with Gasteiger partial charge in [0.1, 0.15) is 5.75 Å². The molecule has 0 aliphatic rings. The molecule has 0 aliphatic heterocycles. The third-order valence-corrected chi connectivity index (χ3v) is 2.99. The SMILES string of the molecule is FC(F)(F)Oc1ccc(N/N=C/c2ccc3nccnc3c2)cc1. The van der Waals surface area contributed by atoms with Crippen LogP contribution in [0.15, 0.2) is 60.0 Å². The number of benzene rings is 2. The number of nitrogens with zero attached hydrogens (tertiary/aromatic N) is 3. The summed E-state index contributed by atoms with van der Waals surface area (Å²) in [6.45, 7) is 0. The first-order chi connectivity index (χ1) is 11.5. The summed E-state index contributed by atoms with van der Waals surface area (Å²) in [5.41, 5.74) is 5.60. The fourth-order valence-electron chi connectivity index (χ4n) is 1.97. The minimum atomic E-state index is -4.70. The first kappa shape index (κ1) is 15.7. The molecule has 0 aliphatic carbocycles. The van der Waals surface area contributed by atoms with E-state index in [0.717, 1.165) is 16.6 Å². The summed E-state index contributed by atoms with van der Waals surface area (Å²) in [6.07, 6.45) is 0.0935. The van der Waals surface area contributed by atoms with Gasteiger partial charge in [0.05, 0.1) is 22.9 Å². The van der Waals surface area contributed by atoms with Gasteiger partial charge in [-0.15, -0.1) is 13.2 Å². The zero-order valence-corrected chi connectivity index (χ0v) is 12.2. The molecular weight excluding hydrogens is 321 g/mol. The minimum Gasteiger partial charge on any atom is -0.406 e. The second-order valence-electron chi connectivity index (χ2n) is 4.75. The molecule has 8 heteroatoms. The van der Waals surface area contributed by atoms with E-state index in [1.54, 1.807) is 18.6 Å². The zero-order chi connectivity index (χ0) is 17.0. The molecule has 0 saturated carbocycles. The molecular formula is C16H11F3N4O. The monoisotopic (exact) mass is 332 g/mol. The van der Waals surface area contributed by atoms with E-state index in [-0.39, 0.29) is 5.75 Å². The second kappa shape index (κ2) is 6.53. The van der Waals surface area contributed by atoms with E-state index in [9.17, 15) is 13.2 Å². The van der Waals surface area contributed by atoms with Crippen molar-refractivity contribution in [3.8, 4) is 5.75 Å². The fraction of sp³-hybridized carbons (Fsp3) is 0.0625. The number of anilines is 1. The summed E-state index contributed by atoms with van der Waals surface area (Å²) < 4.78 is 40.0. The predicted octanol–water partition coefficient (Wildman–Crippen LogP) is 3.97. The van der Waals surface area contributed by atoms with Crippen molar-refractivity contribution in [1.29, 1.82) is 0 Å². The molecule has 1 heterocycles. The largest absolute Gasteiger partial charge is 0.573 e. The van der Waals surface area contributed by atoms with Crippen molar-refractivity contribution in [2.24, 2.45) is 5.10 Å². The highest BCUT2D eigenvalue weighted by molar-refractivity contribution is 5.86. The Bertz CT molecular complexity index is 863. The molecule has 5 nitrogen and oxygen atoms in total. The number of aromatic nitrogens is 2. The number of ether oxygens (including phenoxy) is 1. The maximum absolute atomic E-state index is 12.1. The number of hydrogen-bond donors (Lipinski definition) is 1. The number of alkyl halides is 3. The minimum absolute atomic E-state index is 0.287. The standard InChI is InChI=1S/C16H11F3N4O/c17-16(18,19)24-13-4-2-12(3-5-13)23-22-10-11-1-6-14-15(9-11)21-8-7-20-14/h1-10,23H/b22-10+.